The average Bonchev–Trinajstić information content (AvgIpc) is 2.64. The molecule has 158 valence electrons. The summed E-state index contributed by atoms with van der Waals surface area (Å²) >= 11 is 0. The van der Waals surface area contributed by atoms with Crippen LogP contribution in [-0.2, 0) is 16.4 Å². The van der Waals surface area contributed by atoms with E-state index in [-0.39, 0.29) is 5.54 Å². The molecular weight excluding hydrogens is 372 g/mol. The SMILES string of the molecule is CCNC(=NCc1ccc(S(C)(=O)=O)c(C)c1)NCC(C)(C)N1CCCCC1. The molecule has 7 heteroatoms. The van der Waals surface area contributed by atoms with Gasteiger partial charge in [0.1, 0.15) is 0 Å². The highest BCUT2D eigenvalue weighted by Gasteiger charge is 2.27. The van der Waals surface area contributed by atoms with E-state index in [9.17, 15) is 8.42 Å². The Labute approximate surface area is 170 Å². The predicted molar refractivity (Wildman–Crippen MR) is 117 cm³/mol. The molecule has 1 saturated heterocycles. The zero-order chi connectivity index (χ0) is 20.8. The summed E-state index contributed by atoms with van der Waals surface area (Å²) < 4.78 is 23.5. The molecule has 0 saturated carbocycles. The third kappa shape index (κ3) is 6.48. The second-order valence-corrected chi connectivity index (χ2v) is 10.3. The highest BCUT2D eigenvalue weighted by Crippen LogP contribution is 2.20. The fraction of sp³-hybridized carbons (Fsp3) is 0.667. The molecule has 6 nitrogen and oxygen atoms in total. The van der Waals surface area contributed by atoms with Crippen molar-refractivity contribution in [2.45, 2.75) is 63.9 Å². The second kappa shape index (κ2) is 9.74. The van der Waals surface area contributed by atoms with Gasteiger partial charge in [0.25, 0.3) is 0 Å². The molecular formula is C21H36N4O2S. The number of guanidine groups is 1. The van der Waals surface area contributed by atoms with Crippen molar-refractivity contribution >= 4 is 15.8 Å². The van der Waals surface area contributed by atoms with Gasteiger partial charge in [0.05, 0.1) is 11.4 Å². The number of aliphatic imine (C=N–C) groups is 1. The molecule has 2 N–H and O–H groups in total. The van der Waals surface area contributed by atoms with Gasteiger partial charge in [0, 0.05) is 24.9 Å². The summed E-state index contributed by atoms with van der Waals surface area (Å²) in [5.74, 6) is 0.789. The average molecular weight is 409 g/mol. The van der Waals surface area contributed by atoms with E-state index in [0.717, 1.165) is 43.3 Å². The minimum atomic E-state index is -3.19. The van der Waals surface area contributed by atoms with Gasteiger partial charge < -0.3 is 10.6 Å². The first-order valence-corrected chi connectivity index (χ1v) is 12.1. The van der Waals surface area contributed by atoms with Crippen molar-refractivity contribution < 1.29 is 8.42 Å². The molecule has 0 spiro atoms. The molecule has 1 fully saturated rings. The lowest BCUT2D eigenvalue weighted by atomic mass is 9.98. The van der Waals surface area contributed by atoms with Crippen molar-refractivity contribution in [1.82, 2.24) is 15.5 Å². The van der Waals surface area contributed by atoms with E-state index < -0.39 is 9.84 Å². The number of nitrogens with zero attached hydrogens (tertiary/aromatic N) is 2. The summed E-state index contributed by atoms with van der Waals surface area (Å²) in [5, 5.41) is 6.78. The van der Waals surface area contributed by atoms with E-state index in [4.69, 9.17) is 4.99 Å². The maximum atomic E-state index is 11.8. The third-order valence-electron chi connectivity index (χ3n) is 5.30. The summed E-state index contributed by atoms with van der Waals surface area (Å²) in [5.41, 5.74) is 1.83. The molecule has 1 heterocycles. The summed E-state index contributed by atoms with van der Waals surface area (Å²) in [7, 11) is -3.19. The molecule has 1 aliphatic rings. The van der Waals surface area contributed by atoms with Crippen LogP contribution < -0.4 is 10.6 Å². The van der Waals surface area contributed by atoms with Crippen molar-refractivity contribution in [2.75, 3.05) is 32.4 Å². The molecule has 0 bridgehead atoms. The monoisotopic (exact) mass is 408 g/mol. The number of benzene rings is 1. The first-order chi connectivity index (χ1) is 13.1. The number of hydrogen-bond donors (Lipinski definition) is 2. The van der Waals surface area contributed by atoms with E-state index in [1.807, 2.05) is 19.1 Å². The standard InChI is InChI=1S/C21H36N4O2S/c1-6-22-20(24-16-21(3,4)25-12-8-7-9-13-25)23-15-18-10-11-19(17(2)14-18)28(5,26)27/h10-11,14H,6-9,12-13,15-16H2,1-5H3,(H2,22,23,24). The number of piperidine rings is 1. The lowest BCUT2D eigenvalue weighted by Gasteiger charge is -2.41. The Hall–Kier alpha value is -1.60. The van der Waals surface area contributed by atoms with Crippen LogP contribution >= 0.6 is 0 Å². The van der Waals surface area contributed by atoms with E-state index >= 15 is 0 Å². The van der Waals surface area contributed by atoms with Crippen LogP contribution in [-0.4, -0.2) is 57.3 Å². The molecule has 0 unspecified atom stereocenters. The Kier molecular flexibility index (Phi) is 7.89. The van der Waals surface area contributed by atoms with Gasteiger partial charge in [-0.25, -0.2) is 13.4 Å². The molecule has 2 rings (SSSR count). The van der Waals surface area contributed by atoms with Gasteiger partial charge in [-0.05, 0) is 70.8 Å². The molecule has 0 aromatic heterocycles. The van der Waals surface area contributed by atoms with Crippen molar-refractivity contribution in [3.05, 3.63) is 29.3 Å². The Balaban J connectivity index is 2.02. The van der Waals surface area contributed by atoms with Gasteiger partial charge >= 0.3 is 0 Å². The topological polar surface area (TPSA) is 73.8 Å². The van der Waals surface area contributed by atoms with Crippen LogP contribution in [0.4, 0.5) is 0 Å². The number of hydrogen-bond acceptors (Lipinski definition) is 4. The third-order valence-corrected chi connectivity index (χ3v) is 6.56. The van der Waals surface area contributed by atoms with E-state index in [0.29, 0.717) is 11.4 Å². The highest BCUT2D eigenvalue weighted by molar-refractivity contribution is 7.90. The van der Waals surface area contributed by atoms with Gasteiger partial charge in [-0.15, -0.1) is 0 Å². The number of rotatable bonds is 7. The lowest BCUT2D eigenvalue weighted by molar-refractivity contribution is 0.0982. The first-order valence-electron chi connectivity index (χ1n) is 10.2. The minimum absolute atomic E-state index is 0.0737. The molecule has 1 aliphatic heterocycles. The number of likely N-dealkylation sites (tertiary alicyclic amines) is 1. The summed E-state index contributed by atoms with van der Waals surface area (Å²) in [6.45, 7) is 12.9. The van der Waals surface area contributed by atoms with Gasteiger partial charge in [0.15, 0.2) is 15.8 Å². The second-order valence-electron chi connectivity index (χ2n) is 8.28. The predicted octanol–water partition coefficient (Wildman–Crippen LogP) is 2.72. The van der Waals surface area contributed by atoms with Crippen LogP contribution in [0.15, 0.2) is 28.1 Å². The van der Waals surface area contributed by atoms with Crippen LogP contribution in [0.1, 0.15) is 51.2 Å². The van der Waals surface area contributed by atoms with Gasteiger partial charge in [0.2, 0.25) is 0 Å². The van der Waals surface area contributed by atoms with Gasteiger partial charge in [-0.3, -0.25) is 4.90 Å². The van der Waals surface area contributed by atoms with Crippen LogP contribution in [0.2, 0.25) is 0 Å². The fourth-order valence-electron chi connectivity index (χ4n) is 3.65. The fourth-order valence-corrected chi connectivity index (χ4v) is 4.61. The minimum Gasteiger partial charge on any atom is -0.357 e. The van der Waals surface area contributed by atoms with Crippen molar-refractivity contribution in [1.29, 1.82) is 0 Å². The zero-order valence-corrected chi connectivity index (χ0v) is 18.8. The van der Waals surface area contributed by atoms with E-state index in [2.05, 4.69) is 36.3 Å². The maximum absolute atomic E-state index is 11.8. The van der Waals surface area contributed by atoms with Crippen molar-refractivity contribution in [2.24, 2.45) is 4.99 Å². The maximum Gasteiger partial charge on any atom is 0.191 e. The van der Waals surface area contributed by atoms with E-state index in [1.54, 1.807) is 6.07 Å². The highest BCUT2D eigenvalue weighted by atomic mass is 32.2. The summed E-state index contributed by atoms with van der Waals surface area (Å²) in [4.78, 5) is 7.63. The van der Waals surface area contributed by atoms with Crippen LogP contribution in [0.3, 0.4) is 0 Å². The molecule has 0 aliphatic carbocycles. The Bertz CT molecular complexity index is 782. The Morgan fingerprint density at radius 1 is 1.18 bits per heavy atom. The van der Waals surface area contributed by atoms with Gasteiger partial charge in [-0.1, -0.05) is 18.6 Å². The lowest BCUT2D eigenvalue weighted by Crippen LogP contribution is -2.54. The zero-order valence-electron chi connectivity index (χ0n) is 18.0. The Morgan fingerprint density at radius 3 is 2.43 bits per heavy atom. The largest absolute Gasteiger partial charge is 0.357 e. The van der Waals surface area contributed by atoms with Crippen LogP contribution in [0.5, 0.6) is 0 Å². The van der Waals surface area contributed by atoms with Crippen molar-refractivity contribution in [3.8, 4) is 0 Å². The molecule has 0 radical (unpaired) electrons. The van der Waals surface area contributed by atoms with Crippen LogP contribution in [0.25, 0.3) is 0 Å². The molecule has 1 aromatic carbocycles. The summed E-state index contributed by atoms with van der Waals surface area (Å²) in [6.07, 6.45) is 5.13. The molecule has 0 atom stereocenters. The normalized spacial score (nSPS) is 16.8. The smallest absolute Gasteiger partial charge is 0.191 e. The Morgan fingerprint density at radius 2 is 1.86 bits per heavy atom. The van der Waals surface area contributed by atoms with Gasteiger partial charge in [-0.2, -0.15) is 0 Å². The quantitative estimate of drug-likeness (QED) is 0.536. The number of nitrogens with one attached hydrogen (secondary N) is 2. The molecule has 0 amide bonds. The number of aryl methyl sites for hydroxylation is 1. The molecule has 28 heavy (non-hydrogen) atoms. The first kappa shape index (κ1) is 22.7. The van der Waals surface area contributed by atoms with E-state index in [1.165, 1.54) is 25.5 Å². The number of sulfone groups is 1. The summed E-state index contributed by atoms with van der Waals surface area (Å²) in [6, 6.07) is 5.42. The van der Waals surface area contributed by atoms with Crippen LogP contribution in [0, 0.1) is 6.92 Å². The molecule has 1 aromatic rings. The van der Waals surface area contributed by atoms with Crippen molar-refractivity contribution in [3.63, 3.8) is 0 Å².